The smallest absolute Gasteiger partial charge is 0.243 e. The van der Waals surface area contributed by atoms with Crippen molar-refractivity contribution in [2.75, 3.05) is 31.5 Å². The first-order valence-corrected chi connectivity index (χ1v) is 13.7. The van der Waals surface area contributed by atoms with E-state index in [4.69, 9.17) is 5.26 Å². The number of anilines is 1. The quantitative estimate of drug-likeness (QED) is 0.635. The van der Waals surface area contributed by atoms with E-state index < -0.39 is 16.1 Å². The molecule has 1 aliphatic carbocycles. The minimum atomic E-state index is -3.66. The predicted octanol–water partition coefficient (Wildman–Crippen LogP) is 3.09. The maximum atomic E-state index is 13.0. The molecule has 0 radical (unpaired) electrons. The first-order valence-electron chi connectivity index (χ1n) is 11.4. The maximum Gasteiger partial charge on any atom is 0.243 e. The van der Waals surface area contributed by atoms with Gasteiger partial charge in [-0.3, -0.25) is 9.69 Å². The number of nitriles is 2. The van der Waals surface area contributed by atoms with Gasteiger partial charge in [0.15, 0.2) is 0 Å². The first kappa shape index (κ1) is 24.4. The average Bonchev–Trinajstić information content (AvgIpc) is 3.01. The van der Waals surface area contributed by atoms with Crippen molar-refractivity contribution >= 4 is 32.3 Å². The Kier molecular flexibility index (Phi) is 7.34. The number of amides is 1. The SMILES string of the molecule is CC(C(=O)Nc1sc2c(c1C#N)CCCCC2)N1CCN(S(=O)(=O)c2ccc(C#N)cc2)CC1. The van der Waals surface area contributed by atoms with Crippen LogP contribution in [0.5, 0.6) is 0 Å². The molecule has 1 saturated heterocycles. The van der Waals surface area contributed by atoms with Gasteiger partial charge in [0.2, 0.25) is 15.9 Å². The molecular formula is C24H27N5O3S2. The Morgan fingerprint density at radius 3 is 2.35 bits per heavy atom. The van der Waals surface area contributed by atoms with Crippen LogP contribution in [0.25, 0.3) is 0 Å². The Hall–Kier alpha value is -2.76. The number of nitrogens with zero attached hydrogens (tertiary/aromatic N) is 4. The number of benzene rings is 1. The fraction of sp³-hybridized carbons (Fsp3) is 0.458. The Morgan fingerprint density at radius 2 is 1.71 bits per heavy atom. The summed E-state index contributed by atoms with van der Waals surface area (Å²) in [6, 6.07) is 9.72. The molecule has 1 amide bonds. The van der Waals surface area contributed by atoms with Gasteiger partial charge in [0, 0.05) is 31.1 Å². The molecule has 0 bridgehead atoms. The normalized spacial score (nSPS) is 18.2. The monoisotopic (exact) mass is 497 g/mol. The summed E-state index contributed by atoms with van der Waals surface area (Å²) in [5.41, 5.74) is 2.10. The fourth-order valence-corrected chi connectivity index (χ4v) is 7.18. The van der Waals surface area contributed by atoms with E-state index in [1.165, 1.54) is 44.8 Å². The van der Waals surface area contributed by atoms with Gasteiger partial charge in [0.1, 0.15) is 11.1 Å². The van der Waals surface area contributed by atoms with E-state index in [2.05, 4.69) is 11.4 Å². The van der Waals surface area contributed by atoms with E-state index in [0.29, 0.717) is 29.2 Å². The number of thiophene rings is 1. The lowest BCUT2D eigenvalue weighted by Crippen LogP contribution is -2.53. The van der Waals surface area contributed by atoms with Crippen LogP contribution in [-0.2, 0) is 27.7 Å². The highest BCUT2D eigenvalue weighted by Gasteiger charge is 2.32. The van der Waals surface area contributed by atoms with E-state index in [1.54, 1.807) is 0 Å². The van der Waals surface area contributed by atoms with Crippen LogP contribution in [-0.4, -0.2) is 55.8 Å². The molecule has 0 saturated carbocycles. The number of carbonyl (C=O) groups is 1. The molecular weight excluding hydrogens is 470 g/mol. The summed E-state index contributed by atoms with van der Waals surface area (Å²) in [7, 11) is -3.66. The topological polar surface area (TPSA) is 117 Å². The number of hydrogen-bond acceptors (Lipinski definition) is 7. The molecule has 1 aromatic heterocycles. The third kappa shape index (κ3) is 4.86. The largest absolute Gasteiger partial charge is 0.315 e. The lowest BCUT2D eigenvalue weighted by Gasteiger charge is -2.36. The van der Waals surface area contributed by atoms with Crippen molar-refractivity contribution in [3.8, 4) is 12.1 Å². The molecule has 1 atom stereocenters. The van der Waals surface area contributed by atoms with E-state index >= 15 is 0 Å². The Labute approximate surface area is 204 Å². The number of nitrogens with one attached hydrogen (secondary N) is 1. The van der Waals surface area contributed by atoms with Crippen molar-refractivity contribution in [1.29, 1.82) is 10.5 Å². The van der Waals surface area contributed by atoms with Crippen molar-refractivity contribution in [3.05, 3.63) is 45.8 Å². The molecule has 1 fully saturated rings. The summed E-state index contributed by atoms with van der Waals surface area (Å²) in [4.78, 5) is 16.3. The van der Waals surface area contributed by atoms with E-state index in [9.17, 15) is 18.5 Å². The molecule has 1 N–H and O–H groups in total. The highest BCUT2D eigenvalue weighted by Crippen LogP contribution is 2.37. The average molecular weight is 498 g/mol. The number of rotatable bonds is 5. The molecule has 1 unspecified atom stereocenters. The zero-order valence-electron chi connectivity index (χ0n) is 19.1. The predicted molar refractivity (Wildman–Crippen MR) is 130 cm³/mol. The molecule has 8 nitrogen and oxygen atoms in total. The molecule has 2 aromatic rings. The number of piperazine rings is 1. The Balaban J connectivity index is 1.39. The zero-order chi connectivity index (χ0) is 24.3. The summed E-state index contributed by atoms with van der Waals surface area (Å²) in [6.45, 7) is 3.21. The van der Waals surface area contributed by atoms with Gasteiger partial charge in [0.25, 0.3) is 0 Å². The van der Waals surface area contributed by atoms with Crippen LogP contribution in [0.2, 0.25) is 0 Å². The second-order valence-corrected chi connectivity index (χ2v) is 11.7. The molecule has 4 rings (SSSR count). The van der Waals surface area contributed by atoms with E-state index in [1.807, 2.05) is 17.9 Å². The Bertz CT molecular complexity index is 1250. The van der Waals surface area contributed by atoms with Gasteiger partial charge in [-0.2, -0.15) is 14.8 Å². The van der Waals surface area contributed by atoms with Gasteiger partial charge in [-0.15, -0.1) is 11.3 Å². The Morgan fingerprint density at radius 1 is 1.03 bits per heavy atom. The maximum absolute atomic E-state index is 13.0. The molecule has 2 heterocycles. The van der Waals surface area contributed by atoms with Gasteiger partial charge in [-0.25, -0.2) is 8.42 Å². The lowest BCUT2D eigenvalue weighted by molar-refractivity contribution is -0.121. The minimum Gasteiger partial charge on any atom is -0.315 e. The van der Waals surface area contributed by atoms with Gasteiger partial charge in [-0.1, -0.05) is 6.42 Å². The third-order valence-electron chi connectivity index (χ3n) is 6.59. The summed E-state index contributed by atoms with van der Waals surface area (Å²) in [5.74, 6) is -0.184. The molecule has 2 aliphatic rings. The highest BCUT2D eigenvalue weighted by molar-refractivity contribution is 7.89. The van der Waals surface area contributed by atoms with Crippen molar-refractivity contribution in [2.24, 2.45) is 0 Å². The molecule has 1 aromatic carbocycles. The van der Waals surface area contributed by atoms with Gasteiger partial charge >= 0.3 is 0 Å². The summed E-state index contributed by atoms with van der Waals surface area (Å²) >= 11 is 1.52. The molecule has 0 spiro atoms. The number of fused-ring (bicyclic) bond motifs is 1. The van der Waals surface area contributed by atoms with Crippen LogP contribution in [0.1, 0.15) is 47.8 Å². The van der Waals surface area contributed by atoms with Crippen molar-refractivity contribution < 1.29 is 13.2 Å². The second-order valence-electron chi connectivity index (χ2n) is 8.62. The number of hydrogen-bond donors (Lipinski definition) is 1. The third-order valence-corrected chi connectivity index (χ3v) is 9.71. The molecule has 34 heavy (non-hydrogen) atoms. The van der Waals surface area contributed by atoms with Crippen LogP contribution >= 0.6 is 11.3 Å². The van der Waals surface area contributed by atoms with Crippen LogP contribution in [0, 0.1) is 22.7 Å². The first-order chi connectivity index (χ1) is 16.3. The van der Waals surface area contributed by atoms with E-state index in [0.717, 1.165) is 37.7 Å². The fourth-order valence-electron chi connectivity index (χ4n) is 4.51. The molecule has 10 heteroatoms. The van der Waals surface area contributed by atoms with Gasteiger partial charge in [-0.05, 0) is 62.4 Å². The van der Waals surface area contributed by atoms with Crippen molar-refractivity contribution in [2.45, 2.75) is 50.0 Å². The molecule has 178 valence electrons. The number of sulfonamides is 1. The second kappa shape index (κ2) is 10.2. The number of aryl methyl sites for hydroxylation is 1. The van der Waals surface area contributed by atoms with Gasteiger partial charge < -0.3 is 5.32 Å². The minimum absolute atomic E-state index is 0.159. The van der Waals surface area contributed by atoms with E-state index in [-0.39, 0.29) is 23.9 Å². The van der Waals surface area contributed by atoms with Crippen molar-refractivity contribution in [1.82, 2.24) is 9.21 Å². The zero-order valence-corrected chi connectivity index (χ0v) is 20.7. The van der Waals surface area contributed by atoms with Crippen LogP contribution < -0.4 is 5.32 Å². The molecule has 1 aliphatic heterocycles. The number of carbonyl (C=O) groups excluding carboxylic acids is 1. The van der Waals surface area contributed by atoms with Crippen molar-refractivity contribution in [3.63, 3.8) is 0 Å². The van der Waals surface area contributed by atoms with Crippen LogP contribution in [0.3, 0.4) is 0 Å². The summed E-state index contributed by atoms with van der Waals surface area (Å²) in [5, 5.41) is 22.2. The van der Waals surface area contributed by atoms with Crippen LogP contribution in [0.15, 0.2) is 29.2 Å². The van der Waals surface area contributed by atoms with Crippen LogP contribution in [0.4, 0.5) is 5.00 Å². The summed E-state index contributed by atoms with van der Waals surface area (Å²) < 4.78 is 27.3. The summed E-state index contributed by atoms with van der Waals surface area (Å²) in [6.07, 6.45) is 5.18. The van der Waals surface area contributed by atoms with Gasteiger partial charge in [0.05, 0.1) is 28.1 Å². The highest BCUT2D eigenvalue weighted by atomic mass is 32.2. The standard InChI is InChI=1S/C24H27N5O3S2/c1-17(23(30)27-24-21(16-26)20-5-3-2-4-6-22(20)33-24)28-11-13-29(14-12-28)34(31,32)19-9-7-18(15-25)8-10-19/h7-10,17H,2-6,11-14H2,1H3,(H,27,30). The lowest BCUT2D eigenvalue weighted by atomic mass is 10.1.